The molecule has 0 aliphatic rings. The van der Waals surface area contributed by atoms with Gasteiger partial charge in [0.05, 0.1) is 0 Å². The fourth-order valence-electron chi connectivity index (χ4n) is 2.59. The first-order valence-electron chi connectivity index (χ1n) is 7.36. The minimum absolute atomic E-state index is 0.557. The lowest BCUT2D eigenvalue weighted by Crippen LogP contribution is -1.98. The third-order valence-corrected chi connectivity index (χ3v) is 3.92. The van der Waals surface area contributed by atoms with E-state index in [0.29, 0.717) is 12.2 Å². The molecule has 0 radical (unpaired) electrons. The Balaban J connectivity index is 1.73. The molecule has 1 unspecified atom stereocenters. The number of hydrogen-bond donors (Lipinski definition) is 1. The van der Waals surface area contributed by atoms with Crippen LogP contribution in [0.4, 0.5) is 0 Å². The van der Waals surface area contributed by atoms with Gasteiger partial charge in [-0.15, -0.1) is 0 Å². The Bertz CT molecular complexity index is 738. The van der Waals surface area contributed by atoms with Crippen molar-refractivity contribution in [2.75, 3.05) is 0 Å². The van der Waals surface area contributed by atoms with Crippen LogP contribution in [0.5, 0.6) is 0 Å². The van der Waals surface area contributed by atoms with Gasteiger partial charge in [-0.05, 0) is 43.9 Å². The van der Waals surface area contributed by atoms with Crippen LogP contribution in [0.2, 0.25) is 0 Å². The Morgan fingerprint density at radius 2 is 1.81 bits per heavy atom. The average molecular weight is 280 g/mol. The first-order valence-corrected chi connectivity index (χ1v) is 7.36. The van der Waals surface area contributed by atoms with E-state index >= 15 is 0 Å². The Morgan fingerprint density at radius 3 is 2.52 bits per heavy atom. The molecule has 0 saturated heterocycles. The summed E-state index contributed by atoms with van der Waals surface area (Å²) in [4.78, 5) is 0. The maximum absolute atomic E-state index is 10.3. The number of fused-ring (bicyclic) bond motifs is 1. The second kappa shape index (κ2) is 5.74. The van der Waals surface area contributed by atoms with E-state index in [0.717, 1.165) is 23.0 Å². The molecule has 2 aromatic carbocycles. The quantitative estimate of drug-likeness (QED) is 0.750. The molecule has 1 atom stereocenters. The zero-order valence-corrected chi connectivity index (χ0v) is 12.5. The fraction of sp³-hybridized carbons (Fsp3) is 0.263. The standard InChI is InChI=1S/C19H20O2/c1-13-6-8-15(9-7-13)10-11-17(20)18-12-16-5-3-4-14(2)19(16)21-18/h3-9,12,17,20H,10-11H2,1-2H3. The number of para-hydroxylation sites is 1. The Hall–Kier alpha value is -2.06. The number of furan rings is 1. The molecule has 1 heterocycles. The van der Waals surface area contributed by atoms with Crippen molar-refractivity contribution in [2.45, 2.75) is 32.8 Å². The average Bonchev–Trinajstić information content (AvgIpc) is 2.92. The van der Waals surface area contributed by atoms with Crippen LogP contribution in [0.3, 0.4) is 0 Å². The van der Waals surface area contributed by atoms with Crippen LogP contribution in [0.1, 0.15) is 35.0 Å². The summed E-state index contributed by atoms with van der Waals surface area (Å²) in [6, 6.07) is 16.4. The van der Waals surface area contributed by atoms with Crippen LogP contribution >= 0.6 is 0 Å². The molecule has 0 amide bonds. The molecule has 3 aromatic rings. The van der Waals surface area contributed by atoms with Crippen LogP contribution < -0.4 is 0 Å². The topological polar surface area (TPSA) is 33.4 Å². The first kappa shape index (κ1) is 13.9. The van der Waals surface area contributed by atoms with Gasteiger partial charge in [0.15, 0.2) is 0 Å². The molecule has 0 saturated carbocycles. The van der Waals surface area contributed by atoms with E-state index in [9.17, 15) is 5.11 Å². The molecule has 0 fully saturated rings. The highest BCUT2D eigenvalue weighted by atomic mass is 16.4. The second-order valence-electron chi connectivity index (χ2n) is 5.68. The largest absolute Gasteiger partial charge is 0.458 e. The lowest BCUT2D eigenvalue weighted by atomic mass is 10.0. The Kier molecular flexibility index (Phi) is 3.80. The minimum Gasteiger partial charge on any atom is -0.458 e. The van der Waals surface area contributed by atoms with E-state index in [1.165, 1.54) is 11.1 Å². The number of aliphatic hydroxyl groups excluding tert-OH is 1. The molecule has 0 bridgehead atoms. The van der Waals surface area contributed by atoms with E-state index in [4.69, 9.17) is 4.42 Å². The van der Waals surface area contributed by atoms with Crippen molar-refractivity contribution in [3.63, 3.8) is 0 Å². The van der Waals surface area contributed by atoms with Gasteiger partial charge >= 0.3 is 0 Å². The second-order valence-corrected chi connectivity index (χ2v) is 5.68. The summed E-state index contributed by atoms with van der Waals surface area (Å²) in [6.07, 6.45) is 0.956. The predicted molar refractivity (Wildman–Crippen MR) is 85.4 cm³/mol. The van der Waals surface area contributed by atoms with Crippen LogP contribution in [-0.4, -0.2) is 5.11 Å². The molecule has 0 aliphatic carbocycles. The van der Waals surface area contributed by atoms with Gasteiger partial charge in [0.25, 0.3) is 0 Å². The van der Waals surface area contributed by atoms with Crippen LogP contribution in [0, 0.1) is 13.8 Å². The summed E-state index contributed by atoms with van der Waals surface area (Å²) in [5.74, 6) is 0.659. The number of rotatable bonds is 4. The normalized spacial score (nSPS) is 12.7. The highest BCUT2D eigenvalue weighted by Crippen LogP contribution is 2.28. The van der Waals surface area contributed by atoms with E-state index < -0.39 is 6.10 Å². The number of hydrogen-bond acceptors (Lipinski definition) is 2. The number of aliphatic hydroxyl groups is 1. The maximum Gasteiger partial charge on any atom is 0.137 e. The van der Waals surface area contributed by atoms with Crippen molar-refractivity contribution in [3.05, 3.63) is 71.0 Å². The van der Waals surface area contributed by atoms with Gasteiger partial charge in [-0.25, -0.2) is 0 Å². The summed E-state index contributed by atoms with van der Waals surface area (Å²) >= 11 is 0. The Labute approximate surface area is 125 Å². The molecule has 2 heteroatoms. The van der Waals surface area contributed by atoms with Crippen molar-refractivity contribution in [1.82, 2.24) is 0 Å². The van der Waals surface area contributed by atoms with E-state index in [1.54, 1.807) is 0 Å². The lowest BCUT2D eigenvalue weighted by Gasteiger charge is -2.07. The molecule has 2 nitrogen and oxygen atoms in total. The zero-order chi connectivity index (χ0) is 14.8. The molecule has 0 aliphatic heterocycles. The van der Waals surface area contributed by atoms with Gasteiger partial charge in [0.1, 0.15) is 17.4 Å². The smallest absolute Gasteiger partial charge is 0.137 e. The monoisotopic (exact) mass is 280 g/mol. The molecule has 3 rings (SSSR count). The van der Waals surface area contributed by atoms with Gasteiger partial charge in [-0.3, -0.25) is 0 Å². The van der Waals surface area contributed by atoms with Gasteiger partial charge < -0.3 is 9.52 Å². The molecular formula is C19H20O2. The van der Waals surface area contributed by atoms with Crippen molar-refractivity contribution in [2.24, 2.45) is 0 Å². The predicted octanol–water partition coefficient (Wildman–Crippen LogP) is 4.72. The third kappa shape index (κ3) is 3.01. The Morgan fingerprint density at radius 1 is 1.05 bits per heavy atom. The fourth-order valence-corrected chi connectivity index (χ4v) is 2.59. The van der Waals surface area contributed by atoms with E-state index in [1.807, 2.05) is 31.2 Å². The summed E-state index contributed by atoms with van der Waals surface area (Å²) in [7, 11) is 0. The van der Waals surface area contributed by atoms with E-state index in [2.05, 4.69) is 31.2 Å². The minimum atomic E-state index is -0.557. The zero-order valence-electron chi connectivity index (χ0n) is 12.5. The summed E-state index contributed by atoms with van der Waals surface area (Å²) < 4.78 is 5.82. The van der Waals surface area contributed by atoms with Crippen LogP contribution in [0.25, 0.3) is 11.0 Å². The van der Waals surface area contributed by atoms with Crippen molar-refractivity contribution in [3.8, 4) is 0 Å². The van der Waals surface area contributed by atoms with Crippen molar-refractivity contribution >= 4 is 11.0 Å². The van der Waals surface area contributed by atoms with E-state index in [-0.39, 0.29) is 0 Å². The number of aryl methyl sites for hydroxylation is 3. The molecule has 21 heavy (non-hydrogen) atoms. The highest BCUT2D eigenvalue weighted by Gasteiger charge is 2.14. The molecule has 0 spiro atoms. The third-order valence-electron chi connectivity index (χ3n) is 3.92. The van der Waals surface area contributed by atoms with Gasteiger partial charge in [0.2, 0.25) is 0 Å². The van der Waals surface area contributed by atoms with Crippen molar-refractivity contribution in [1.29, 1.82) is 0 Å². The summed E-state index contributed by atoms with van der Waals surface area (Å²) in [5, 5.41) is 11.4. The maximum atomic E-state index is 10.3. The molecular weight excluding hydrogens is 260 g/mol. The van der Waals surface area contributed by atoms with Gasteiger partial charge in [0, 0.05) is 5.39 Å². The SMILES string of the molecule is Cc1ccc(CCC(O)c2cc3cccc(C)c3o2)cc1. The highest BCUT2D eigenvalue weighted by molar-refractivity contribution is 5.80. The van der Waals surface area contributed by atoms with Crippen molar-refractivity contribution < 1.29 is 9.52 Å². The molecule has 108 valence electrons. The van der Waals surface area contributed by atoms with Gasteiger partial charge in [-0.1, -0.05) is 48.0 Å². The first-order chi connectivity index (χ1) is 10.1. The molecule has 1 aromatic heterocycles. The van der Waals surface area contributed by atoms with Crippen LogP contribution in [-0.2, 0) is 6.42 Å². The number of benzene rings is 2. The molecule has 1 N–H and O–H groups in total. The van der Waals surface area contributed by atoms with Crippen LogP contribution in [0.15, 0.2) is 52.9 Å². The van der Waals surface area contributed by atoms with Gasteiger partial charge in [-0.2, -0.15) is 0 Å². The lowest BCUT2D eigenvalue weighted by molar-refractivity contribution is 0.143. The summed E-state index contributed by atoms with van der Waals surface area (Å²) in [5.41, 5.74) is 4.48. The summed E-state index contributed by atoms with van der Waals surface area (Å²) in [6.45, 7) is 4.10.